The van der Waals surface area contributed by atoms with Crippen molar-refractivity contribution in [2.45, 2.75) is 89.2 Å². The van der Waals surface area contributed by atoms with Gasteiger partial charge in [-0.15, -0.1) is 0 Å². The van der Waals surface area contributed by atoms with Gasteiger partial charge in [0.2, 0.25) is 5.43 Å². The van der Waals surface area contributed by atoms with Crippen LogP contribution in [0.2, 0.25) is 0 Å². The molecule has 8 heteroatoms. The van der Waals surface area contributed by atoms with Gasteiger partial charge in [0.05, 0.1) is 17.8 Å². The van der Waals surface area contributed by atoms with E-state index in [-0.39, 0.29) is 23.6 Å². The van der Waals surface area contributed by atoms with E-state index >= 15 is 4.39 Å². The van der Waals surface area contributed by atoms with Crippen LogP contribution in [0.25, 0.3) is 65.1 Å². The molecule has 1 saturated carbocycles. The van der Waals surface area contributed by atoms with Crippen LogP contribution in [0.4, 0.5) is 10.1 Å². The summed E-state index contributed by atoms with van der Waals surface area (Å²) in [5.74, 6) is -0.0322. The number of benzene rings is 8. The first-order chi connectivity index (χ1) is 35.0. The summed E-state index contributed by atoms with van der Waals surface area (Å²) < 4.78 is 29.1. The Morgan fingerprint density at radius 1 is 0.606 bits per heavy atom. The Balaban J connectivity index is 0.619. The van der Waals surface area contributed by atoms with Gasteiger partial charge in [-0.25, -0.2) is 9.18 Å². The van der Waals surface area contributed by atoms with Gasteiger partial charge in [-0.05, 0) is 121 Å². The molecule has 3 aliphatic rings. The second-order valence-electron chi connectivity index (χ2n) is 20.1. The second kappa shape index (κ2) is 19.6. The standard InChI is InChI=1S/C63H60FN3O4/c64-55-37-53-56(38-57(55)66-34-32-65-33-35-66)67(42-28-29-42)39-54(62(53)68)63(69)71-40-41-26-30-43(31-27-41)70-36-16-6-4-2-1-3-5-7-25-52-58-48-21-12-8-17-44(48)46-19-10-14-23-50(46)60(58)61-51-24-15-11-20-47(51)45-18-9-13-22-49(45)59(52)61/h8-15,17-24,26-27,30-31,37-39,42,52,65H,1-7,16,25,28-29,32-36,40H2. The van der Waals surface area contributed by atoms with E-state index in [1.807, 2.05) is 33.7 Å². The Labute approximate surface area is 414 Å². The molecule has 1 saturated heterocycles. The van der Waals surface area contributed by atoms with Crippen LogP contribution in [0.15, 0.2) is 144 Å². The lowest BCUT2D eigenvalue weighted by Crippen LogP contribution is -2.43. The molecule has 1 aromatic heterocycles. The van der Waals surface area contributed by atoms with Crippen LogP contribution in [0.1, 0.15) is 110 Å². The molecule has 12 rings (SSSR count). The number of nitrogens with one attached hydrogen (secondary N) is 1. The van der Waals surface area contributed by atoms with E-state index in [4.69, 9.17) is 9.47 Å². The average molecular weight is 942 g/mol. The summed E-state index contributed by atoms with van der Waals surface area (Å²) in [6.07, 6.45) is 14.1. The van der Waals surface area contributed by atoms with Crippen molar-refractivity contribution >= 4 is 65.6 Å². The highest BCUT2D eigenvalue weighted by Crippen LogP contribution is 2.57. The maximum Gasteiger partial charge on any atom is 0.343 e. The van der Waals surface area contributed by atoms with Crippen LogP contribution in [-0.4, -0.2) is 43.3 Å². The minimum atomic E-state index is -0.704. The van der Waals surface area contributed by atoms with Gasteiger partial charge in [-0.2, -0.15) is 0 Å². The fourth-order valence-electron chi connectivity index (χ4n) is 11.9. The van der Waals surface area contributed by atoms with Crippen molar-refractivity contribution in [2.75, 3.05) is 37.7 Å². The zero-order valence-electron chi connectivity index (χ0n) is 40.4. The number of ether oxygens (including phenoxy) is 2. The number of anilines is 1. The maximum absolute atomic E-state index is 15.4. The summed E-state index contributed by atoms with van der Waals surface area (Å²) in [4.78, 5) is 29.0. The van der Waals surface area contributed by atoms with Crippen LogP contribution in [0, 0.1) is 5.82 Å². The van der Waals surface area contributed by atoms with Crippen LogP contribution in [0.3, 0.4) is 0 Å². The van der Waals surface area contributed by atoms with Gasteiger partial charge in [-0.1, -0.05) is 154 Å². The number of fused-ring (bicyclic) bond motifs is 14. The van der Waals surface area contributed by atoms with Gasteiger partial charge < -0.3 is 24.3 Å². The van der Waals surface area contributed by atoms with E-state index in [0.717, 1.165) is 56.5 Å². The van der Waals surface area contributed by atoms with Gasteiger partial charge in [0.1, 0.15) is 23.7 Å². The monoisotopic (exact) mass is 941 g/mol. The molecule has 0 radical (unpaired) electrons. The van der Waals surface area contributed by atoms with Crippen LogP contribution < -0.4 is 20.4 Å². The summed E-state index contributed by atoms with van der Waals surface area (Å²) in [5.41, 5.74) is 7.31. The fraction of sp³-hybridized carbons (Fsp3) is 0.302. The van der Waals surface area contributed by atoms with E-state index < -0.39 is 17.2 Å². The molecule has 1 aliphatic heterocycles. The van der Waals surface area contributed by atoms with Crippen molar-refractivity contribution in [3.8, 4) is 16.9 Å². The minimum Gasteiger partial charge on any atom is -0.494 e. The summed E-state index contributed by atoms with van der Waals surface area (Å²) in [6, 6.07) is 47.1. The normalized spacial score (nSPS) is 14.7. The Bertz CT molecular complexity index is 3410. The highest BCUT2D eigenvalue weighted by atomic mass is 19.1. The fourth-order valence-corrected chi connectivity index (χ4v) is 11.9. The van der Waals surface area contributed by atoms with E-state index in [0.29, 0.717) is 36.8 Å². The molecular formula is C63H60FN3O4. The lowest BCUT2D eigenvalue weighted by atomic mass is 9.84. The second-order valence-corrected chi connectivity index (χ2v) is 20.1. The number of rotatable bonds is 17. The van der Waals surface area contributed by atoms with Gasteiger partial charge in [0.15, 0.2) is 0 Å². The number of unbranched alkanes of at least 4 members (excludes halogenated alkanes) is 7. The number of pyridine rings is 1. The molecule has 358 valence electrons. The molecule has 0 bridgehead atoms. The number of nitrogens with zero attached hydrogens (tertiary/aromatic N) is 2. The minimum absolute atomic E-state index is 0.0159. The van der Waals surface area contributed by atoms with Crippen LogP contribution >= 0.6 is 0 Å². The molecule has 8 aromatic carbocycles. The number of carbonyl (C=O) groups is 1. The Morgan fingerprint density at radius 2 is 1.13 bits per heavy atom. The number of hydrogen-bond donors (Lipinski definition) is 1. The number of piperazine rings is 1. The molecule has 1 N–H and O–H groups in total. The smallest absolute Gasteiger partial charge is 0.343 e. The molecule has 0 unspecified atom stereocenters. The third kappa shape index (κ3) is 8.60. The van der Waals surface area contributed by atoms with E-state index in [9.17, 15) is 9.59 Å². The summed E-state index contributed by atoms with van der Waals surface area (Å²) in [7, 11) is 0. The molecule has 2 aliphatic carbocycles. The van der Waals surface area contributed by atoms with Crippen LogP contribution in [0.5, 0.6) is 5.75 Å². The van der Waals surface area contributed by atoms with E-state index in [1.165, 1.54) is 110 Å². The molecule has 7 nitrogen and oxygen atoms in total. The maximum atomic E-state index is 15.4. The highest BCUT2D eigenvalue weighted by Gasteiger charge is 2.35. The first-order valence-electron chi connectivity index (χ1n) is 26.1. The molecule has 71 heavy (non-hydrogen) atoms. The molecular weight excluding hydrogens is 882 g/mol. The zero-order valence-corrected chi connectivity index (χ0v) is 40.4. The molecule has 2 heterocycles. The van der Waals surface area contributed by atoms with Crippen molar-refractivity contribution in [3.63, 3.8) is 0 Å². The first-order valence-corrected chi connectivity index (χ1v) is 26.1. The number of esters is 1. The third-order valence-corrected chi connectivity index (χ3v) is 15.6. The van der Waals surface area contributed by atoms with Crippen molar-refractivity contribution in [1.82, 2.24) is 9.88 Å². The highest BCUT2D eigenvalue weighted by molar-refractivity contribution is 6.25. The predicted octanol–water partition coefficient (Wildman–Crippen LogP) is 14.6. The largest absolute Gasteiger partial charge is 0.494 e. The molecule has 2 fully saturated rings. The lowest BCUT2D eigenvalue weighted by molar-refractivity contribution is 0.0470. The lowest BCUT2D eigenvalue weighted by Gasteiger charge is -2.30. The third-order valence-electron chi connectivity index (χ3n) is 15.6. The molecule has 9 aromatic rings. The summed E-state index contributed by atoms with van der Waals surface area (Å²) in [5, 5.41) is 14.4. The molecule has 0 atom stereocenters. The Hall–Kier alpha value is -7.03. The van der Waals surface area contributed by atoms with Gasteiger partial charge in [0, 0.05) is 49.7 Å². The quantitative estimate of drug-likeness (QED) is 0.0557. The van der Waals surface area contributed by atoms with E-state index in [1.54, 1.807) is 12.3 Å². The van der Waals surface area contributed by atoms with Crippen LogP contribution in [-0.2, 0) is 11.3 Å². The SMILES string of the molecule is O=C(OCc1ccc(OCCCCCCCCCCC2c3c(c4ccccc4c4ccccc34)-c3c2c2ccccc2c2ccccc32)cc1)c1cn(C2CC2)c2cc(N3CCNCC3)c(F)cc2c1=O. The van der Waals surface area contributed by atoms with Gasteiger partial charge in [-0.3, -0.25) is 4.79 Å². The number of aromatic nitrogens is 1. The molecule has 0 spiro atoms. The first kappa shape index (κ1) is 45.1. The number of halogens is 1. The summed E-state index contributed by atoms with van der Waals surface area (Å²) >= 11 is 0. The number of carbonyl (C=O) groups excluding carboxylic acids is 1. The average Bonchev–Trinajstić information content (AvgIpc) is 4.21. The predicted molar refractivity (Wildman–Crippen MR) is 288 cm³/mol. The van der Waals surface area contributed by atoms with E-state index in [2.05, 4.69) is 102 Å². The van der Waals surface area contributed by atoms with Crippen molar-refractivity contribution < 1.29 is 18.7 Å². The van der Waals surface area contributed by atoms with Gasteiger partial charge >= 0.3 is 5.97 Å². The van der Waals surface area contributed by atoms with Crippen molar-refractivity contribution in [1.29, 1.82) is 0 Å². The zero-order chi connectivity index (χ0) is 47.8. The topological polar surface area (TPSA) is 72.8 Å². The Morgan fingerprint density at radius 3 is 1.70 bits per heavy atom. The van der Waals surface area contributed by atoms with Gasteiger partial charge in [0.25, 0.3) is 0 Å². The molecule has 0 amide bonds. The summed E-state index contributed by atoms with van der Waals surface area (Å²) in [6.45, 7) is 3.60. The Kier molecular flexibility index (Phi) is 12.5. The number of hydrogen-bond acceptors (Lipinski definition) is 6. The van der Waals surface area contributed by atoms with Crippen molar-refractivity contribution in [3.05, 3.63) is 178 Å². The van der Waals surface area contributed by atoms with Crippen molar-refractivity contribution in [2.24, 2.45) is 0 Å².